The number of halogens is 3. The predicted octanol–water partition coefficient (Wildman–Crippen LogP) is 3.98. The average molecular weight is 498 g/mol. The third-order valence-corrected chi connectivity index (χ3v) is 5.20. The molecular weight excluding hydrogens is 481 g/mol. The zero-order valence-electron chi connectivity index (χ0n) is 18.6. The second kappa shape index (κ2) is 9.61. The van der Waals surface area contributed by atoms with Crippen LogP contribution in [0.25, 0.3) is 0 Å². The second-order valence-electron chi connectivity index (χ2n) is 7.79. The Labute approximate surface area is 202 Å². The van der Waals surface area contributed by atoms with Crippen molar-refractivity contribution in [3.63, 3.8) is 0 Å². The van der Waals surface area contributed by atoms with Crippen LogP contribution in [0.3, 0.4) is 0 Å². The van der Waals surface area contributed by atoms with E-state index in [9.17, 15) is 32.3 Å². The van der Waals surface area contributed by atoms with E-state index >= 15 is 0 Å². The van der Waals surface area contributed by atoms with E-state index in [0.717, 1.165) is 18.3 Å². The first-order chi connectivity index (χ1) is 17.0. The van der Waals surface area contributed by atoms with Crippen molar-refractivity contribution in [1.82, 2.24) is 4.98 Å². The number of aromatic nitrogens is 1. The number of nitrogens with zero attached hydrogens (tertiary/aromatic N) is 1. The fourth-order valence-corrected chi connectivity index (χ4v) is 3.45. The van der Waals surface area contributed by atoms with Crippen LogP contribution in [0.15, 0.2) is 60.8 Å². The summed E-state index contributed by atoms with van der Waals surface area (Å²) in [5.74, 6) is -2.64. The summed E-state index contributed by atoms with van der Waals surface area (Å²) in [5.41, 5.74) is 1.04. The van der Waals surface area contributed by atoms with Crippen LogP contribution in [0.1, 0.15) is 49.1 Å². The summed E-state index contributed by atoms with van der Waals surface area (Å²) in [6.45, 7) is -0.221. The quantitative estimate of drug-likeness (QED) is 0.400. The van der Waals surface area contributed by atoms with Crippen LogP contribution in [-0.4, -0.2) is 47.3 Å². The van der Waals surface area contributed by atoms with Gasteiger partial charge in [0.1, 0.15) is 0 Å². The zero-order valence-corrected chi connectivity index (χ0v) is 18.6. The number of benzene rings is 2. The summed E-state index contributed by atoms with van der Waals surface area (Å²) in [5, 5.41) is 2.53. The number of hydrogen-bond donors (Lipinski definition) is 1. The number of esters is 1. The van der Waals surface area contributed by atoms with Crippen molar-refractivity contribution in [3.05, 3.63) is 88.6 Å². The number of pyridine rings is 1. The lowest BCUT2D eigenvalue weighted by Crippen LogP contribution is -2.30. The molecule has 1 N–H and O–H groups in total. The highest BCUT2D eigenvalue weighted by atomic mass is 19.4. The van der Waals surface area contributed by atoms with Gasteiger partial charge >= 0.3 is 12.1 Å². The molecule has 11 heteroatoms. The molecule has 1 atom stereocenters. The molecule has 0 saturated carbocycles. The van der Waals surface area contributed by atoms with Crippen molar-refractivity contribution in [2.75, 3.05) is 11.9 Å². The maximum absolute atomic E-state index is 12.8. The van der Waals surface area contributed by atoms with Crippen LogP contribution >= 0.6 is 0 Å². The maximum atomic E-state index is 12.8. The molecule has 1 aliphatic rings. The number of alkyl halides is 3. The number of ether oxygens (including phenoxy) is 2. The molecule has 1 heterocycles. The van der Waals surface area contributed by atoms with Crippen molar-refractivity contribution >= 4 is 29.1 Å². The Hall–Kier alpha value is -4.54. The maximum Gasteiger partial charge on any atom is 0.422 e. The number of carbonyl (C=O) groups is 4. The first-order valence-electron chi connectivity index (χ1n) is 10.5. The normalized spacial score (nSPS) is 13.3. The number of ketones is 2. The summed E-state index contributed by atoms with van der Waals surface area (Å²) >= 11 is 0. The summed E-state index contributed by atoms with van der Waals surface area (Å²) in [6, 6.07) is 12.9. The van der Waals surface area contributed by atoms with Crippen LogP contribution in [-0.2, 0) is 9.53 Å². The monoisotopic (exact) mass is 498 g/mol. The van der Waals surface area contributed by atoms with Gasteiger partial charge in [-0.3, -0.25) is 14.4 Å². The molecule has 184 valence electrons. The Kier molecular flexibility index (Phi) is 6.56. The number of hydrogen-bond acceptors (Lipinski definition) is 7. The van der Waals surface area contributed by atoms with Gasteiger partial charge < -0.3 is 14.8 Å². The molecule has 2 aromatic carbocycles. The molecule has 8 nitrogen and oxygen atoms in total. The Morgan fingerprint density at radius 1 is 0.944 bits per heavy atom. The van der Waals surface area contributed by atoms with Gasteiger partial charge in [0, 0.05) is 40.2 Å². The number of nitrogens with one attached hydrogen (secondary N) is 1. The largest absolute Gasteiger partial charge is 0.468 e. The molecule has 1 aromatic heterocycles. The lowest BCUT2D eigenvalue weighted by atomic mass is 9.84. The topological polar surface area (TPSA) is 112 Å². The Balaban J connectivity index is 1.39. The van der Waals surface area contributed by atoms with E-state index < -0.39 is 30.8 Å². The number of fused-ring (bicyclic) bond motifs is 2. The summed E-state index contributed by atoms with van der Waals surface area (Å²) in [7, 11) is 0. The number of amides is 1. The molecule has 4 rings (SSSR count). The first kappa shape index (κ1) is 24.6. The molecule has 0 fully saturated rings. The van der Waals surface area contributed by atoms with Crippen molar-refractivity contribution < 1.29 is 41.8 Å². The van der Waals surface area contributed by atoms with Crippen LogP contribution in [0, 0.1) is 0 Å². The molecule has 0 spiro atoms. The van der Waals surface area contributed by atoms with Crippen molar-refractivity contribution in [2.45, 2.75) is 19.2 Å². The molecule has 1 aliphatic carbocycles. The van der Waals surface area contributed by atoms with E-state index in [2.05, 4.69) is 15.0 Å². The van der Waals surface area contributed by atoms with Gasteiger partial charge in [0.25, 0.3) is 5.91 Å². The van der Waals surface area contributed by atoms with Crippen LogP contribution in [0.4, 0.5) is 18.9 Å². The third-order valence-electron chi connectivity index (χ3n) is 5.20. The minimum absolute atomic E-state index is 0.106. The standard InChI is InChI=1S/C25H17F3N2O6/c1-13(36-24(34)14-6-9-20(29-11-14)35-12-25(26,27)28)23(33)30-15-7-8-18-19(10-15)22(32)17-5-3-2-4-16(17)21(18)31/h2-11,13H,12H2,1H3,(H,30,33). The van der Waals surface area contributed by atoms with Crippen LogP contribution < -0.4 is 10.1 Å². The van der Waals surface area contributed by atoms with Crippen LogP contribution in [0.2, 0.25) is 0 Å². The van der Waals surface area contributed by atoms with E-state index in [1.807, 2.05) is 0 Å². The van der Waals surface area contributed by atoms with Gasteiger partial charge in [-0.2, -0.15) is 13.2 Å². The van der Waals surface area contributed by atoms with Crippen LogP contribution in [0.5, 0.6) is 5.88 Å². The third kappa shape index (κ3) is 5.24. The Bertz CT molecular complexity index is 1370. The first-order valence-corrected chi connectivity index (χ1v) is 10.5. The Morgan fingerprint density at radius 2 is 1.58 bits per heavy atom. The molecule has 1 unspecified atom stereocenters. The highest BCUT2D eigenvalue weighted by molar-refractivity contribution is 6.28. The van der Waals surface area contributed by atoms with Crippen molar-refractivity contribution in [1.29, 1.82) is 0 Å². The molecule has 0 saturated heterocycles. The van der Waals surface area contributed by atoms with Gasteiger partial charge in [-0.25, -0.2) is 9.78 Å². The fourth-order valence-electron chi connectivity index (χ4n) is 3.45. The molecule has 3 aromatic rings. The van der Waals surface area contributed by atoms with E-state index in [1.165, 1.54) is 25.1 Å². The zero-order chi connectivity index (χ0) is 26.0. The molecule has 1 amide bonds. The lowest BCUT2D eigenvalue weighted by molar-refractivity contribution is -0.154. The molecule has 36 heavy (non-hydrogen) atoms. The van der Waals surface area contributed by atoms with Gasteiger partial charge in [0.2, 0.25) is 5.88 Å². The Morgan fingerprint density at radius 3 is 2.19 bits per heavy atom. The van der Waals surface area contributed by atoms with Gasteiger partial charge in [0.15, 0.2) is 24.3 Å². The SMILES string of the molecule is CC(OC(=O)c1ccc(OCC(F)(F)F)nc1)C(=O)Nc1ccc2c(c1)C(=O)c1ccccc1C2=O. The van der Waals surface area contributed by atoms with Gasteiger partial charge in [-0.05, 0) is 31.2 Å². The number of rotatable bonds is 6. The molecule has 0 bridgehead atoms. The van der Waals surface area contributed by atoms with E-state index in [0.29, 0.717) is 5.56 Å². The van der Waals surface area contributed by atoms with Gasteiger partial charge in [0.05, 0.1) is 5.56 Å². The second-order valence-corrected chi connectivity index (χ2v) is 7.79. The lowest BCUT2D eigenvalue weighted by Gasteiger charge is -2.19. The van der Waals surface area contributed by atoms with E-state index in [-0.39, 0.29) is 45.4 Å². The molecule has 0 radical (unpaired) electrons. The van der Waals surface area contributed by atoms with Crippen molar-refractivity contribution in [2.24, 2.45) is 0 Å². The number of carbonyl (C=O) groups excluding carboxylic acids is 4. The molecular formula is C25H17F3N2O6. The highest BCUT2D eigenvalue weighted by Gasteiger charge is 2.30. The predicted molar refractivity (Wildman–Crippen MR) is 119 cm³/mol. The molecule has 0 aliphatic heterocycles. The number of anilines is 1. The van der Waals surface area contributed by atoms with E-state index in [4.69, 9.17) is 4.74 Å². The summed E-state index contributed by atoms with van der Waals surface area (Å²) in [6.07, 6.45) is -4.84. The van der Waals surface area contributed by atoms with Crippen molar-refractivity contribution in [3.8, 4) is 5.88 Å². The summed E-state index contributed by atoms with van der Waals surface area (Å²) in [4.78, 5) is 54.0. The van der Waals surface area contributed by atoms with E-state index in [1.54, 1.807) is 24.3 Å². The smallest absolute Gasteiger partial charge is 0.422 e. The minimum Gasteiger partial charge on any atom is -0.468 e. The highest BCUT2D eigenvalue weighted by Crippen LogP contribution is 2.29. The van der Waals surface area contributed by atoms with Gasteiger partial charge in [-0.1, -0.05) is 24.3 Å². The van der Waals surface area contributed by atoms with Gasteiger partial charge in [-0.15, -0.1) is 0 Å². The minimum atomic E-state index is -4.53. The fraction of sp³-hybridized carbons (Fsp3) is 0.160. The average Bonchev–Trinajstić information content (AvgIpc) is 2.85. The summed E-state index contributed by atoms with van der Waals surface area (Å²) < 4.78 is 46.2.